The van der Waals surface area contributed by atoms with Gasteiger partial charge in [-0.25, -0.2) is 8.78 Å². The molecule has 0 aliphatic carbocycles. The summed E-state index contributed by atoms with van der Waals surface area (Å²) in [5.41, 5.74) is 0.929. The molecule has 19 heavy (non-hydrogen) atoms. The van der Waals surface area contributed by atoms with Crippen LogP contribution in [-0.2, 0) is 0 Å². The van der Waals surface area contributed by atoms with E-state index in [4.69, 9.17) is 16.3 Å². The predicted molar refractivity (Wildman–Crippen MR) is 69.7 cm³/mol. The third-order valence-corrected chi connectivity index (χ3v) is 3.31. The van der Waals surface area contributed by atoms with Crippen LogP contribution >= 0.6 is 11.6 Å². The fraction of sp³-hybridized carbons (Fsp3) is 0.143. The van der Waals surface area contributed by atoms with Crippen LogP contribution < -0.4 is 10.1 Å². The van der Waals surface area contributed by atoms with Gasteiger partial charge in [-0.2, -0.15) is 0 Å². The second kappa shape index (κ2) is 4.70. The van der Waals surface area contributed by atoms with Crippen LogP contribution in [0.4, 0.5) is 14.5 Å². The average molecular weight is 282 g/mol. The van der Waals surface area contributed by atoms with E-state index in [1.165, 1.54) is 0 Å². The van der Waals surface area contributed by atoms with E-state index in [1.807, 2.05) is 6.07 Å². The normalized spacial score (nSPS) is 17.3. The van der Waals surface area contributed by atoms with Crippen molar-refractivity contribution >= 4 is 17.3 Å². The Morgan fingerprint density at radius 3 is 2.89 bits per heavy atom. The van der Waals surface area contributed by atoms with Gasteiger partial charge in [0.25, 0.3) is 0 Å². The van der Waals surface area contributed by atoms with E-state index in [1.54, 1.807) is 12.1 Å². The smallest absolute Gasteiger partial charge is 0.162 e. The van der Waals surface area contributed by atoms with Gasteiger partial charge in [-0.05, 0) is 30.3 Å². The zero-order valence-corrected chi connectivity index (χ0v) is 10.5. The van der Waals surface area contributed by atoms with Crippen LogP contribution in [0.3, 0.4) is 0 Å². The lowest BCUT2D eigenvalue weighted by Gasteiger charge is -2.28. The lowest BCUT2D eigenvalue weighted by atomic mass is 10.1. The number of ether oxygens (including phenoxy) is 1. The molecule has 1 aliphatic rings. The number of halogens is 3. The number of rotatable bonds is 1. The molecule has 5 heteroatoms. The van der Waals surface area contributed by atoms with Crippen LogP contribution in [0.25, 0.3) is 0 Å². The summed E-state index contributed by atoms with van der Waals surface area (Å²) in [7, 11) is 0. The molecule has 0 saturated heterocycles. The van der Waals surface area contributed by atoms with Gasteiger partial charge < -0.3 is 10.1 Å². The van der Waals surface area contributed by atoms with E-state index in [0.717, 1.165) is 23.9 Å². The number of fused-ring (bicyclic) bond motifs is 1. The Kier molecular flexibility index (Phi) is 3.03. The van der Waals surface area contributed by atoms with Gasteiger partial charge in [0.2, 0.25) is 0 Å². The van der Waals surface area contributed by atoms with Crippen molar-refractivity contribution < 1.29 is 13.5 Å². The highest BCUT2D eigenvalue weighted by Gasteiger charge is 2.25. The first-order valence-corrected chi connectivity index (χ1v) is 6.17. The Hall–Kier alpha value is -1.81. The van der Waals surface area contributed by atoms with E-state index in [-0.39, 0.29) is 5.56 Å². The third kappa shape index (κ3) is 2.24. The topological polar surface area (TPSA) is 21.3 Å². The zero-order chi connectivity index (χ0) is 13.4. The molecule has 1 N–H and O–H groups in total. The summed E-state index contributed by atoms with van der Waals surface area (Å²) in [4.78, 5) is 0. The molecule has 2 aromatic carbocycles. The van der Waals surface area contributed by atoms with Crippen LogP contribution in [0.2, 0.25) is 5.02 Å². The van der Waals surface area contributed by atoms with Gasteiger partial charge in [0.1, 0.15) is 17.7 Å². The van der Waals surface area contributed by atoms with Gasteiger partial charge >= 0.3 is 0 Å². The molecule has 0 amide bonds. The monoisotopic (exact) mass is 281 g/mol. The molecule has 0 bridgehead atoms. The SMILES string of the molecule is Fc1ccc(F)c(C2CNc3cccc(Cl)c3O2)c1. The standard InChI is InChI=1S/C14H10ClF2NO/c15-10-2-1-3-12-14(10)19-13(7-18-12)9-6-8(16)4-5-11(9)17/h1-6,13,18H,7H2. The summed E-state index contributed by atoms with van der Waals surface area (Å²) in [5.74, 6) is -0.530. The summed E-state index contributed by atoms with van der Waals surface area (Å²) < 4.78 is 32.6. The molecule has 1 atom stereocenters. The molecule has 1 heterocycles. The van der Waals surface area contributed by atoms with Crippen LogP contribution in [0, 0.1) is 11.6 Å². The van der Waals surface area contributed by atoms with E-state index in [2.05, 4.69) is 5.32 Å². The maximum atomic E-state index is 13.7. The first kappa shape index (κ1) is 12.2. The Bertz CT molecular complexity index is 633. The number of hydrogen-bond donors (Lipinski definition) is 1. The van der Waals surface area contributed by atoms with Crippen LogP contribution in [0.1, 0.15) is 11.7 Å². The Labute approximate surface area is 114 Å². The van der Waals surface area contributed by atoms with Crippen LogP contribution in [0.15, 0.2) is 36.4 Å². The number of benzene rings is 2. The third-order valence-electron chi connectivity index (χ3n) is 3.01. The van der Waals surface area contributed by atoms with Gasteiger partial charge in [-0.3, -0.25) is 0 Å². The lowest BCUT2D eigenvalue weighted by molar-refractivity contribution is 0.205. The molecule has 0 saturated carbocycles. The first-order valence-electron chi connectivity index (χ1n) is 5.79. The van der Waals surface area contributed by atoms with Crippen LogP contribution in [0.5, 0.6) is 5.75 Å². The van der Waals surface area contributed by atoms with Gasteiger partial charge in [0, 0.05) is 5.56 Å². The molecular formula is C14H10ClF2NO. The minimum absolute atomic E-state index is 0.179. The zero-order valence-electron chi connectivity index (χ0n) is 9.79. The summed E-state index contributed by atoms with van der Waals surface area (Å²) in [5, 5.41) is 3.54. The highest BCUT2D eigenvalue weighted by atomic mass is 35.5. The van der Waals surface area contributed by atoms with Crippen molar-refractivity contribution in [1.29, 1.82) is 0 Å². The molecule has 2 nitrogen and oxygen atoms in total. The molecular weight excluding hydrogens is 272 g/mol. The Morgan fingerprint density at radius 1 is 1.21 bits per heavy atom. The van der Waals surface area contributed by atoms with E-state index >= 15 is 0 Å². The summed E-state index contributed by atoms with van der Waals surface area (Å²) >= 11 is 6.03. The van der Waals surface area contributed by atoms with Crippen molar-refractivity contribution in [2.45, 2.75) is 6.10 Å². The van der Waals surface area contributed by atoms with Crippen molar-refractivity contribution in [3.05, 3.63) is 58.6 Å². The largest absolute Gasteiger partial charge is 0.480 e. The fourth-order valence-corrected chi connectivity index (χ4v) is 2.31. The molecule has 1 unspecified atom stereocenters. The minimum Gasteiger partial charge on any atom is -0.480 e. The predicted octanol–water partition coefficient (Wildman–Crippen LogP) is 4.16. The molecule has 0 radical (unpaired) electrons. The number of hydrogen-bond acceptors (Lipinski definition) is 2. The molecule has 98 valence electrons. The molecule has 0 aromatic heterocycles. The second-order valence-corrected chi connectivity index (χ2v) is 4.68. The molecule has 1 aliphatic heterocycles. The van der Waals surface area contributed by atoms with E-state index < -0.39 is 17.7 Å². The molecule has 0 fully saturated rings. The summed E-state index contributed by atoms with van der Waals surface area (Å²) in [6.45, 7) is 0.355. The number of nitrogens with one attached hydrogen (secondary N) is 1. The Balaban J connectivity index is 1.97. The summed E-state index contributed by atoms with van der Waals surface area (Å²) in [6, 6.07) is 8.61. The fourth-order valence-electron chi connectivity index (χ4n) is 2.09. The van der Waals surface area contributed by atoms with E-state index in [9.17, 15) is 8.78 Å². The van der Waals surface area contributed by atoms with Crippen molar-refractivity contribution in [3.8, 4) is 5.75 Å². The maximum Gasteiger partial charge on any atom is 0.162 e. The van der Waals surface area contributed by atoms with Crippen LogP contribution in [-0.4, -0.2) is 6.54 Å². The highest BCUT2D eigenvalue weighted by molar-refractivity contribution is 6.32. The molecule has 2 aromatic rings. The Morgan fingerprint density at radius 2 is 2.05 bits per heavy atom. The number of para-hydroxylation sites is 1. The van der Waals surface area contributed by atoms with Gasteiger partial charge in [-0.1, -0.05) is 17.7 Å². The van der Waals surface area contributed by atoms with Crippen molar-refractivity contribution in [1.82, 2.24) is 0 Å². The average Bonchev–Trinajstić information content (AvgIpc) is 2.42. The van der Waals surface area contributed by atoms with Gasteiger partial charge in [0.15, 0.2) is 5.75 Å². The highest BCUT2D eigenvalue weighted by Crippen LogP contribution is 2.39. The maximum absolute atomic E-state index is 13.7. The van der Waals surface area contributed by atoms with Gasteiger partial charge in [0.05, 0.1) is 17.3 Å². The molecule has 0 spiro atoms. The quantitative estimate of drug-likeness (QED) is 0.847. The molecule has 3 rings (SSSR count). The van der Waals surface area contributed by atoms with Crippen molar-refractivity contribution in [2.75, 3.05) is 11.9 Å². The van der Waals surface area contributed by atoms with Crippen molar-refractivity contribution in [3.63, 3.8) is 0 Å². The number of anilines is 1. The summed E-state index contributed by atoms with van der Waals surface area (Å²) in [6.07, 6.45) is -0.608. The lowest BCUT2D eigenvalue weighted by Crippen LogP contribution is -2.24. The van der Waals surface area contributed by atoms with Crippen molar-refractivity contribution in [2.24, 2.45) is 0 Å². The minimum atomic E-state index is -0.608. The second-order valence-electron chi connectivity index (χ2n) is 4.27. The first-order chi connectivity index (χ1) is 9.15. The van der Waals surface area contributed by atoms with E-state index in [0.29, 0.717) is 17.3 Å². The van der Waals surface area contributed by atoms with Gasteiger partial charge in [-0.15, -0.1) is 0 Å².